The zero-order valence-electron chi connectivity index (χ0n) is 16.7. The molecule has 0 aliphatic heterocycles. The molecule has 0 aliphatic rings. The van der Waals surface area contributed by atoms with Crippen LogP contribution < -0.4 is 0 Å². The number of hydrogen-bond acceptors (Lipinski definition) is 6. The van der Waals surface area contributed by atoms with Crippen molar-refractivity contribution in [1.82, 2.24) is 13.9 Å². The average Bonchev–Trinajstić information content (AvgIpc) is 3.04. The number of halogens is 2. The first-order valence-electron chi connectivity index (χ1n) is 8.84. The number of carboxylic acid groups (broad SMARTS) is 1. The first-order valence-corrected chi connectivity index (χ1v) is 12.2. The van der Waals surface area contributed by atoms with E-state index in [0.717, 1.165) is 43.9 Å². The van der Waals surface area contributed by atoms with Crippen molar-refractivity contribution < 1.29 is 35.5 Å². The lowest BCUT2D eigenvalue weighted by molar-refractivity contribution is 0.153. The number of aromatic nitrogens is 2. The molecule has 0 atom stereocenters. The Labute approximate surface area is 182 Å². The van der Waals surface area contributed by atoms with Crippen LogP contribution in [0.4, 0.5) is 13.6 Å². The molecule has 1 aromatic carbocycles. The molecule has 1 amide bonds. The SMILES string of the molecule is CN(Cc1cn(S(=O)(=O)c2cccc(S(C)(=O)=O)c2)c(-c2cccnc2F)c1F)C(=O)O. The standard InChI is InChI=1S/C19H17F2N3O6S2/c1-23(19(25)26)10-12-11-24(17(16(12)20)15-7-4-8-22-18(15)21)32(29,30)14-6-3-5-13(9-14)31(2,27)28/h3-9,11H,10H2,1-2H3,(H,25,26). The van der Waals surface area contributed by atoms with E-state index in [1.54, 1.807) is 0 Å². The van der Waals surface area contributed by atoms with Crippen LogP contribution in [0.15, 0.2) is 58.6 Å². The Kier molecular flexibility index (Phi) is 6.07. The summed E-state index contributed by atoms with van der Waals surface area (Å²) >= 11 is 0. The fourth-order valence-electron chi connectivity index (χ4n) is 2.91. The third kappa shape index (κ3) is 4.34. The molecule has 9 nitrogen and oxygen atoms in total. The van der Waals surface area contributed by atoms with Crippen LogP contribution in [0, 0.1) is 11.8 Å². The van der Waals surface area contributed by atoms with Crippen LogP contribution in [-0.4, -0.2) is 55.2 Å². The highest BCUT2D eigenvalue weighted by Crippen LogP contribution is 2.32. The minimum Gasteiger partial charge on any atom is -0.465 e. The van der Waals surface area contributed by atoms with Gasteiger partial charge in [0, 0.05) is 31.3 Å². The van der Waals surface area contributed by atoms with E-state index in [0.29, 0.717) is 8.87 Å². The Bertz CT molecular complexity index is 1420. The average molecular weight is 485 g/mol. The minimum absolute atomic E-state index is 0.286. The lowest BCUT2D eigenvalue weighted by Crippen LogP contribution is -2.24. The zero-order valence-corrected chi connectivity index (χ0v) is 18.4. The van der Waals surface area contributed by atoms with Crippen LogP contribution in [0.3, 0.4) is 0 Å². The molecule has 0 fully saturated rings. The summed E-state index contributed by atoms with van der Waals surface area (Å²) in [6, 6.07) is 6.79. The molecule has 170 valence electrons. The Hall–Kier alpha value is -3.32. The lowest BCUT2D eigenvalue weighted by atomic mass is 10.2. The van der Waals surface area contributed by atoms with Gasteiger partial charge >= 0.3 is 6.09 Å². The van der Waals surface area contributed by atoms with Gasteiger partial charge in [-0.05, 0) is 30.3 Å². The highest BCUT2D eigenvalue weighted by molar-refractivity contribution is 7.91. The summed E-state index contributed by atoms with van der Waals surface area (Å²) in [6.07, 6.45) is 1.42. The molecule has 13 heteroatoms. The van der Waals surface area contributed by atoms with Gasteiger partial charge in [-0.25, -0.2) is 35.0 Å². The van der Waals surface area contributed by atoms with Crippen molar-refractivity contribution in [2.45, 2.75) is 16.3 Å². The van der Waals surface area contributed by atoms with Crippen molar-refractivity contribution in [3.05, 3.63) is 66.1 Å². The van der Waals surface area contributed by atoms with Crippen LogP contribution >= 0.6 is 0 Å². The quantitative estimate of drug-likeness (QED) is 0.532. The summed E-state index contributed by atoms with van der Waals surface area (Å²) in [5.74, 6) is -2.31. The first-order chi connectivity index (χ1) is 14.8. The van der Waals surface area contributed by atoms with Crippen LogP contribution in [0.5, 0.6) is 0 Å². The van der Waals surface area contributed by atoms with Crippen molar-refractivity contribution >= 4 is 26.0 Å². The third-order valence-electron chi connectivity index (χ3n) is 4.52. The van der Waals surface area contributed by atoms with E-state index in [-0.39, 0.29) is 10.5 Å². The maximum atomic E-state index is 15.3. The van der Waals surface area contributed by atoms with Gasteiger partial charge < -0.3 is 10.0 Å². The molecule has 0 saturated carbocycles. The summed E-state index contributed by atoms with van der Waals surface area (Å²) in [5.41, 5.74) is -1.51. The van der Waals surface area contributed by atoms with E-state index in [1.165, 1.54) is 18.2 Å². The summed E-state index contributed by atoms with van der Waals surface area (Å²) in [5, 5.41) is 9.07. The molecule has 32 heavy (non-hydrogen) atoms. The molecule has 0 saturated heterocycles. The minimum atomic E-state index is -4.62. The van der Waals surface area contributed by atoms with Crippen molar-refractivity contribution in [3.63, 3.8) is 0 Å². The number of benzene rings is 1. The summed E-state index contributed by atoms with van der Waals surface area (Å²) < 4.78 is 80.5. The number of hydrogen-bond donors (Lipinski definition) is 1. The van der Waals surface area contributed by atoms with Gasteiger partial charge in [-0.1, -0.05) is 6.07 Å². The smallest absolute Gasteiger partial charge is 0.407 e. The van der Waals surface area contributed by atoms with E-state index in [1.807, 2.05) is 0 Å². The highest BCUT2D eigenvalue weighted by Gasteiger charge is 2.29. The second-order valence-corrected chi connectivity index (χ2v) is 10.7. The van der Waals surface area contributed by atoms with Crippen molar-refractivity contribution in [2.75, 3.05) is 13.3 Å². The molecule has 3 rings (SSSR count). The van der Waals surface area contributed by atoms with Gasteiger partial charge in [0.1, 0.15) is 5.69 Å². The van der Waals surface area contributed by atoms with Gasteiger partial charge in [0.2, 0.25) is 5.95 Å². The Morgan fingerprint density at radius 1 is 1.12 bits per heavy atom. The van der Waals surface area contributed by atoms with Crippen LogP contribution in [-0.2, 0) is 26.4 Å². The second kappa shape index (κ2) is 8.31. The van der Waals surface area contributed by atoms with E-state index in [9.17, 15) is 26.0 Å². The van der Waals surface area contributed by atoms with Crippen molar-refractivity contribution in [1.29, 1.82) is 0 Å². The summed E-state index contributed by atoms with van der Waals surface area (Å²) in [7, 11) is -7.23. The fourth-order valence-corrected chi connectivity index (χ4v) is 5.09. The van der Waals surface area contributed by atoms with Crippen LogP contribution in [0.1, 0.15) is 5.56 Å². The number of sulfone groups is 1. The monoisotopic (exact) mass is 485 g/mol. The van der Waals surface area contributed by atoms with Crippen LogP contribution in [0.25, 0.3) is 11.3 Å². The fraction of sp³-hybridized carbons (Fsp3) is 0.158. The molecule has 0 bridgehead atoms. The third-order valence-corrected chi connectivity index (χ3v) is 7.29. The number of pyridine rings is 1. The molecule has 2 aromatic heterocycles. The predicted octanol–water partition coefficient (Wildman–Crippen LogP) is 2.58. The summed E-state index contributed by atoms with van der Waals surface area (Å²) in [4.78, 5) is 14.5. The number of rotatable bonds is 6. The molecule has 0 radical (unpaired) electrons. The van der Waals surface area contributed by atoms with E-state index in [4.69, 9.17) is 5.11 Å². The Morgan fingerprint density at radius 2 is 1.78 bits per heavy atom. The van der Waals surface area contributed by atoms with E-state index in [2.05, 4.69) is 4.98 Å². The van der Waals surface area contributed by atoms with Gasteiger partial charge in [-0.2, -0.15) is 4.39 Å². The molecular weight excluding hydrogens is 468 g/mol. The Balaban J connectivity index is 2.29. The van der Waals surface area contributed by atoms with Crippen molar-refractivity contribution in [2.24, 2.45) is 0 Å². The molecule has 2 heterocycles. The molecular formula is C19H17F2N3O6S2. The van der Waals surface area contributed by atoms with Gasteiger partial charge in [0.25, 0.3) is 10.0 Å². The highest BCUT2D eigenvalue weighted by atomic mass is 32.2. The van der Waals surface area contributed by atoms with Gasteiger partial charge in [0.15, 0.2) is 15.7 Å². The van der Waals surface area contributed by atoms with Gasteiger partial charge in [0.05, 0.1) is 21.9 Å². The molecule has 0 unspecified atom stereocenters. The largest absolute Gasteiger partial charge is 0.465 e. The first kappa shape index (κ1) is 23.3. The zero-order chi connectivity index (χ0) is 23.8. The van der Waals surface area contributed by atoms with Gasteiger partial charge in [-0.3, -0.25) is 0 Å². The number of amides is 1. The van der Waals surface area contributed by atoms with E-state index < -0.39 is 60.4 Å². The normalized spacial score (nSPS) is 12.0. The molecule has 0 aliphatic carbocycles. The molecule has 0 spiro atoms. The van der Waals surface area contributed by atoms with Gasteiger partial charge in [-0.15, -0.1) is 0 Å². The topological polar surface area (TPSA) is 127 Å². The summed E-state index contributed by atoms with van der Waals surface area (Å²) in [6.45, 7) is -0.526. The number of carbonyl (C=O) groups is 1. The van der Waals surface area contributed by atoms with E-state index >= 15 is 4.39 Å². The molecule has 1 N–H and O–H groups in total. The van der Waals surface area contributed by atoms with Crippen LogP contribution in [0.2, 0.25) is 0 Å². The Morgan fingerprint density at radius 3 is 2.38 bits per heavy atom. The van der Waals surface area contributed by atoms with Crippen molar-refractivity contribution in [3.8, 4) is 11.3 Å². The number of nitrogens with zero attached hydrogens (tertiary/aromatic N) is 3. The maximum Gasteiger partial charge on any atom is 0.407 e. The second-order valence-electron chi connectivity index (χ2n) is 6.85. The molecule has 3 aromatic rings. The maximum absolute atomic E-state index is 15.3. The lowest BCUT2D eigenvalue weighted by Gasteiger charge is -2.12. The predicted molar refractivity (Wildman–Crippen MR) is 109 cm³/mol.